The molecule has 41 heavy (non-hydrogen) atoms. The summed E-state index contributed by atoms with van der Waals surface area (Å²) in [5, 5.41) is 11.2. The van der Waals surface area contributed by atoms with Crippen molar-refractivity contribution in [3.05, 3.63) is 40.7 Å². The van der Waals surface area contributed by atoms with Crippen molar-refractivity contribution in [2.45, 2.75) is 93.3 Å². The molecule has 0 amide bonds. The van der Waals surface area contributed by atoms with Crippen molar-refractivity contribution in [2.75, 3.05) is 23.7 Å². The van der Waals surface area contributed by atoms with Crippen LogP contribution in [-0.4, -0.2) is 68.4 Å². The lowest BCUT2D eigenvalue weighted by Gasteiger charge is -2.44. The fourth-order valence-corrected chi connectivity index (χ4v) is 8.27. The van der Waals surface area contributed by atoms with Crippen molar-refractivity contribution in [1.29, 1.82) is 0 Å². The van der Waals surface area contributed by atoms with Crippen molar-refractivity contribution < 1.29 is 13.3 Å². The summed E-state index contributed by atoms with van der Waals surface area (Å²) in [5.74, 6) is 0.917. The molecule has 3 aromatic rings. The Labute approximate surface area is 239 Å². The second-order valence-corrected chi connectivity index (χ2v) is 13.5. The molecule has 1 aliphatic heterocycles. The molecule has 13 nitrogen and oxygen atoms in total. The summed E-state index contributed by atoms with van der Waals surface area (Å²) in [4.78, 5) is 27.2. The van der Waals surface area contributed by atoms with Crippen LogP contribution in [0.25, 0.3) is 11.2 Å². The summed E-state index contributed by atoms with van der Waals surface area (Å²) in [6.45, 7) is 0.576. The van der Waals surface area contributed by atoms with E-state index in [1.54, 1.807) is 0 Å². The standard InChI is InChI=1S/C27H37N9O4S/c28-18-8-10-20(11-9-18)35(27-31-25(29)24-26(32-27)34(17-30-24)19-4-1-2-5-19)21-12-14-33(15-13-21)41(39,40)23-7-3-6-22(16-23)36(37)38/h3,6-7,16-21H,1-2,4-5,8-15,28H2,(H2,29,31,32). The number of hydrogen-bond acceptors (Lipinski definition) is 10. The van der Waals surface area contributed by atoms with Crippen LogP contribution < -0.4 is 16.4 Å². The Morgan fingerprint density at radius 2 is 1.66 bits per heavy atom. The van der Waals surface area contributed by atoms with E-state index in [4.69, 9.17) is 21.4 Å². The van der Waals surface area contributed by atoms with Crippen LogP contribution >= 0.6 is 0 Å². The third kappa shape index (κ3) is 5.35. The van der Waals surface area contributed by atoms with Gasteiger partial charge in [-0.15, -0.1) is 0 Å². The first-order valence-corrected chi connectivity index (χ1v) is 15.9. The number of nitrogen functional groups attached to an aromatic ring is 1. The molecule has 3 fully saturated rings. The van der Waals surface area contributed by atoms with Crippen LogP contribution in [-0.2, 0) is 10.0 Å². The zero-order chi connectivity index (χ0) is 28.7. The number of nitrogens with two attached hydrogens (primary N) is 2. The summed E-state index contributed by atoms with van der Waals surface area (Å²) in [6.07, 6.45) is 11.1. The fourth-order valence-electron chi connectivity index (χ4n) is 6.76. The van der Waals surface area contributed by atoms with E-state index in [2.05, 4.69) is 14.5 Å². The van der Waals surface area contributed by atoms with Gasteiger partial charge in [0.2, 0.25) is 16.0 Å². The number of nitrogens with zero attached hydrogens (tertiary/aromatic N) is 7. The predicted octanol–water partition coefficient (Wildman–Crippen LogP) is 3.36. The molecule has 0 unspecified atom stereocenters. The molecule has 2 aliphatic carbocycles. The molecule has 1 saturated heterocycles. The third-order valence-electron chi connectivity index (χ3n) is 9.00. The van der Waals surface area contributed by atoms with Crippen molar-refractivity contribution in [3.8, 4) is 0 Å². The van der Waals surface area contributed by atoms with Gasteiger partial charge >= 0.3 is 0 Å². The molecule has 1 aromatic carbocycles. The molecule has 3 heterocycles. The van der Waals surface area contributed by atoms with Gasteiger partial charge in [-0.05, 0) is 57.4 Å². The third-order valence-corrected chi connectivity index (χ3v) is 10.9. The molecule has 14 heteroatoms. The summed E-state index contributed by atoms with van der Waals surface area (Å²) in [7, 11) is -3.88. The topological polar surface area (TPSA) is 179 Å². The van der Waals surface area contributed by atoms with Gasteiger partial charge in [0.25, 0.3) is 5.69 Å². The van der Waals surface area contributed by atoms with Crippen molar-refractivity contribution >= 4 is 38.6 Å². The monoisotopic (exact) mass is 583 g/mol. The van der Waals surface area contributed by atoms with E-state index in [9.17, 15) is 18.5 Å². The molecule has 0 bridgehead atoms. The normalized spacial score (nSPS) is 23.2. The van der Waals surface area contributed by atoms with E-state index in [0.717, 1.165) is 50.2 Å². The van der Waals surface area contributed by atoms with Gasteiger partial charge in [-0.1, -0.05) is 18.9 Å². The molecule has 4 N–H and O–H groups in total. The Morgan fingerprint density at radius 1 is 0.976 bits per heavy atom. The lowest BCUT2D eigenvalue weighted by atomic mass is 9.89. The number of hydrogen-bond donors (Lipinski definition) is 2. The average Bonchev–Trinajstić information content (AvgIpc) is 3.65. The minimum atomic E-state index is -3.88. The predicted molar refractivity (Wildman–Crippen MR) is 155 cm³/mol. The van der Waals surface area contributed by atoms with Crippen LogP contribution in [0.15, 0.2) is 35.5 Å². The van der Waals surface area contributed by atoms with E-state index in [1.807, 2.05) is 6.33 Å². The molecule has 0 atom stereocenters. The average molecular weight is 584 g/mol. The maximum Gasteiger partial charge on any atom is 0.270 e. The lowest BCUT2D eigenvalue weighted by molar-refractivity contribution is -0.385. The number of nitro benzene ring substituents is 1. The van der Waals surface area contributed by atoms with Crippen molar-refractivity contribution in [2.24, 2.45) is 5.73 Å². The van der Waals surface area contributed by atoms with Gasteiger partial charge in [0.15, 0.2) is 11.5 Å². The number of imidazole rings is 1. The molecule has 2 saturated carbocycles. The van der Waals surface area contributed by atoms with Crippen LogP contribution in [0.3, 0.4) is 0 Å². The lowest BCUT2D eigenvalue weighted by Crippen LogP contribution is -2.52. The van der Waals surface area contributed by atoms with Gasteiger partial charge in [0.05, 0.1) is 16.1 Å². The Balaban J connectivity index is 1.29. The summed E-state index contributed by atoms with van der Waals surface area (Å²) < 4.78 is 30.4. The minimum absolute atomic E-state index is 0.00517. The second-order valence-electron chi connectivity index (χ2n) is 11.5. The van der Waals surface area contributed by atoms with Gasteiger partial charge in [-0.2, -0.15) is 14.3 Å². The molecule has 3 aliphatic rings. The summed E-state index contributed by atoms with van der Waals surface area (Å²) >= 11 is 0. The first-order valence-electron chi connectivity index (χ1n) is 14.5. The first-order chi connectivity index (χ1) is 19.7. The SMILES string of the molecule is Nc1nc(N(C2CCC(N)CC2)C2CCN(S(=O)(=O)c3cccc([N+](=O)[O-])c3)CC2)nc2c1ncn2C1CCCC1. The molecular weight excluding hydrogens is 546 g/mol. The van der Waals surface area contributed by atoms with Crippen LogP contribution in [0.5, 0.6) is 0 Å². The quantitative estimate of drug-likeness (QED) is 0.309. The number of aromatic nitrogens is 4. The number of sulfonamides is 1. The number of piperidine rings is 1. The molecular formula is C27H37N9O4S. The molecule has 6 rings (SSSR count). The zero-order valence-corrected chi connectivity index (χ0v) is 23.8. The maximum atomic E-state index is 13.4. The van der Waals surface area contributed by atoms with Gasteiger partial charge < -0.3 is 20.9 Å². The van der Waals surface area contributed by atoms with Gasteiger partial charge in [-0.25, -0.2) is 13.4 Å². The summed E-state index contributed by atoms with van der Waals surface area (Å²) in [5.41, 5.74) is 13.8. The number of fused-ring (bicyclic) bond motifs is 1. The fraction of sp³-hybridized carbons (Fsp3) is 0.593. The largest absolute Gasteiger partial charge is 0.382 e. The minimum Gasteiger partial charge on any atom is -0.382 e. The molecule has 2 aromatic heterocycles. The van der Waals surface area contributed by atoms with E-state index in [-0.39, 0.29) is 41.8 Å². The van der Waals surface area contributed by atoms with Gasteiger partial charge in [-0.3, -0.25) is 10.1 Å². The smallest absolute Gasteiger partial charge is 0.270 e. The van der Waals surface area contributed by atoms with E-state index >= 15 is 0 Å². The summed E-state index contributed by atoms with van der Waals surface area (Å²) in [6, 6.07) is 5.92. The van der Waals surface area contributed by atoms with Crippen molar-refractivity contribution in [1.82, 2.24) is 23.8 Å². The van der Waals surface area contributed by atoms with Crippen molar-refractivity contribution in [3.63, 3.8) is 0 Å². The Morgan fingerprint density at radius 3 is 2.34 bits per heavy atom. The Bertz CT molecular complexity index is 1520. The number of nitro groups is 1. The highest BCUT2D eigenvalue weighted by atomic mass is 32.2. The van der Waals surface area contributed by atoms with E-state index in [1.165, 1.54) is 35.3 Å². The van der Waals surface area contributed by atoms with E-state index < -0.39 is 14.9 Å². The van der Waals surface area contributed by atoms with Crippen LogP contribution in [0.2, 0.25) is 0 Å². The molecule has 0 radical (unpaired) electrons. The van der Waals surface area contributed by atoms with Crippen LogP contribution in [0, 0.1) is 10.1 Å². The number of non-ortho nitro benzene ring substituents is 1. The highest BCUT2D eigenvalue weighted by Crippen LogP contribution is 2.36. The number of benzene rings is 1. The zero-order valence-electron chi connectivity index (χ0n) is 23.0. The van der Waals surface area contributed by atoms with Gasteiger partial charge in [0, 0.05) is 49.4 Å². The Hall–Kier alpha value is -3.36. The second kappa shape index (κ2) is 11.1. The molecule has 0 spiro atoms. The Kier molecular flexibility index (Phi) is 7.55. The van der Waals surface area contributed by atoms with Crippen LogP contribution in [0.1, 0.15) is 70.3 Å². The first kappa shape index (κ1) is 27.8. The van der Waals surface area contributed by atoms with Crippen LogP contribution in [0.4, 0.5) is 17.5 Å². The number of anilines is 2. The maximum absolute atomic E-state index is 13.4. The molecule has 220 valence electrons. The highest BCUT2D eigenvalue weighted by molar-refractivity contribution is 7.89. The number of rotatable bonds is 7. The van der Waals surface area contributed by atoms with E-state index in [0.29, 0.717) is 36.2 Å². The van der Waals surface area contributed by atoms with Gasteiger partial charge in [0.1, 0.15) is 5.52 Å². The highest BCUT2D eigenvalue weighted by Gasteiger charge is 2.37.